The molecule has 1 aliphatic heterocycles. The van der Waals surface area contributed by atoms with Gasteiger partial charge in [0.2, 0.25) is 0 Å². The highest BCUT2D eigenvalue weighted by molar-refractivity contribution is 6.52. The van der Waals surface area contributed by atoms with Crippen LogP contribution in [0.5, 0.6) is 0 Å². The Morgan fingerprint density at radius 2 is 2.05 bits per heavy atom. The number of aliphatic hydroxyl groups is 1. The van der Waals surface area contributed by atoms with Crippen molar-refractivity contribution in [3.8, 4) is 0 Å². The summed E-state index contributed by atoms with van der Waals surface area (Å²) in [4.78, 5) is 11.9. The number of benzene rings is 2. The Labute approximate surface area is 124 Å². The molecule has 0 spiro atoms. The standard InChI is InChI=1S/C16H18BNO3/c1-9(16(2,3)20)21-17-12-7-8-13-14-10(12)5-4-6-11(14)15(19)18-13/h4-9,17,20H,1-3H3,(H,18,19). The van der Waals surface area contributed by atoms with Crippen LogP contribution in [0, 0.1) is 0 Å². The van der Waals surface area contributed by atoms with E-state index in [1.807, 2.05) is 37.3 Å². The molecule has 0 saturated heterocycles. The maximum Gasteiger partial charge on any atom is 0.309 e. The van der Waals surface area contributed by atoms with Crippen molar-refractivity contribution in [1.82, 2.24) is 0 Å². The summed E-state index contributed by atoms with van der Waals surface area (Å²) in [5.41, 5.74) is 1.69. The van der Waals surface area contributed by atoms with Crippen LogP contribution in [-0.2, 0) is 4.65 Å². The molecule has 1 heterocycles. The largest absolute Gasteiger partial charge is 0.429 e. The molecule has 0 aromatic heterocycles. The minimum absolute atomic E-state index is 0.0569. The number of carbonyl (C=O) groups excluding carboxylic acids is 1. The highest BCUT2D eigenvalue weighted by atomic mass is 16.5. The maximum absolute atomic E-state index is 11.9. The van der Waals surface area contributed by atoms with Gasteiger partial charge >= 0.3 is 7.48 Å². The molecule has 1 atom stereocenters. The van der Waals surface area contributed by atoms with Crippen molar-refractivity contribution in [2.45, 2.75) is 32.5 Å². The Balaban J connectivity index is 1.95. The summed E-state index contributed by atoms with van der Waals surface area (Å²) < 4.78 is 5.77. The first-order chi connectivity index (χ1) is 9.88. The summed E-state index contributed by atoms with van der Waals surface area (Å²) in [6.45, 7) is 5.31. The molecule has 2 aromatic carbocycles. The van der Waals surface area contributed by atoms with E-state index in [0.717, 1.165) is 21.9 Å². The fourth-order valence-corrected chi connectivity index (χ4v) is 2.49. The normalized spacial score (nSPS) is 15.1. The highest BCUT2D eigenvalue weighted by Gasteiger charge is 2.25. The molecule has 1 unspecified atom stereocenters. The van der Waals surface area contributed by atoms with Gasteiger partial charge in [0, 0.05) is 16.6 Å². The molecule has 3 rings (SSSR count). The third-order valence-electron chi connectivity index (χ3n) is 4.11. The zero-order valence-corrected chi connectivity index (χ0v) is 12.4. The molecule has 108 valence electrons. The van der Waals surface area contributed by atoms with Gasteiger partial charge in [-0.1, -0.05) is 18.2 Å². The topological polar surface area (TPSA) is 58.6 Å². The van der Waals surface area contributed by atoms with E-state index in [-0.39, 0.29) is 12.0 Å². The predicted octanol–water partition coefficient (Wildman–Crippen LogP) is 1.56. The maximum atomic E-state index is 11.9. The van der Waals surface area contributed by atoms with Crippen molar-refractivity contribution in [2.24, 2.45) is 0 Å². The first-order valence-electron chi connectivity index (χ1n) is 7.08. The van der Waals surface area contributed by atoms with Gasteiger partial charge in [-0.15, -0.1) is 0 Å². The first-order valence-corrected chi connectivity index (χ1v) is 7.08. The summed E-state index contributed by atoms with van der Waals surface area (Å²) in [7, 11) is 0.402. The Morgan fingerprint density at radius 1 is 1.29 bits per heavy atom. The smallest absolute Gasteiger partial charge is 0.309 e. The van der Waals surface area contributed by atoms with Crippen LogP contribution in [0.1, 0.15) is 31.1 Å². The fourth-order valence-electron chi connectivity index (χ4n) is 2.49. The van der Waals surface area contributed by atoms with Gasteiger partial charge in [0.05, 0.1) is 11.7 Å². The third-order valence-corrected chi connectivity index (χ3v) is 4.11. The zero-order chi connectivity index (χ0) is 15.2. The fraction of sp³-hybridized carbons (Fsp3) is 0.312. The predicted molar refractivity (Wildman–Crippen MR) is 85.5 cm³/mol. The van der Waals surface area contributed by atoms with Crippen molar-refractivity contribution in [2.75, 3.05) is 5.32 Å². The van der Waals surface area contributed by atoms with Crippen LogP contribution in [-0.4, -0.2) is 30.2 Å². The third kappa shape index (κ3) is 2.43. The van der Waals surface area contributed by atoms with Crippen molar-refractivity contribution in [3.05, 3.63) is 35.9 Å². The van der Waals surface area contributed by atoms with Crippen LogP contribution in [0.2, 0.25) is 0 Å². The molecule has 1 amide bonds. The molecular weight excluding hydrogens is 265 g/mol. The van der Waals surface area contributed by atoms with E-state index in [2.05, 4.69) is 5.32 Å². The van der Waals surface area contributed by atoms with Crippen LogP contribution in [0.4, 0.5) is 5.69 Å². The number of carbonyl (C=O) groups is 1. The Hall–Kier alpha value is -1.85. The molecule has 0 radical (unpaired) electrons. The van der Waals surface area contributed by atoms with Crippen molar-refractivity contribution >= 4 is 35.3 Å². The summed E-state index contributed by atoms with van der Waals surface area (Å²) in [6.07, 6.45) is -0.278. The molecule has 0 bridgehead atoms. The summed E-state index contributed by atoms with van der Waals surface area (Å²) >= 11 is 0. The van der Waals surface area contributed by atoms with Crippen molar-refractivity contribution < 1.29 is 14.6 Å². The summed E-state index contributed by atoms with van der Waals surface area (Å²) in [5, 5.41) is 14.8. The molecule has 0 saturated carbocycles. The molecule has 4 nitrogen and oxygen atoms in total. The lowest BCUT2D eigenvalue weighted by atomic mass is 9.82. The molecule has 5 heteroatoms. The van der Waals surface area contributed by atoms with E-state index in [1.165, 1.54) is 0 Å². The monoisotopic (exact) mass is 283 g/mol. The van der Waals surface area contributed by atoms with Crippen LogP contribution in [0.25, 0.3) is 10.8 Å². The zero-order valence-electron chi connectivity index (χ0n) is 12.4. The van der Waals surface area contributed by atoms with Crippen LogP contribution in [0.3, 0.4) is 0 Å². The second kappa shape index (κ2) is 4.86. The van der Waals surface area contributed by atoms with Gasteiger partial charge in [-0.2, -0.15) is 0 Å². The van der Waals surface area contributed by atoms with Gasteiger partial charge in [0.15, 0.2) is 0 Å². The Morgan fingerprint density at radius 3 is 2.76 bits per heavy atom. The number of rotatable bonds is 4. The minimum Gasteiger partial charge on any atom is -0.429 e. The van der Waals surface area contributed by atoms with Gasteiger partial charge in [-0.25, -0.2) is 0 Å². The van der Waals surface area contributed by atoms with Gasteiger partial charge < -0.3 is 15.1 Å². The molecule has 0 aliphatic carbocycles. The highest BCUT2D eigenvalue weighted by Crippen LogP contribution is 2.31. The lowest BCUT2D eigenvalue weighted by Crippen LogP contribution is -2.38. The number of hydrogen-bond donors (Lipinski definition) is 2. The summed E-state index contributed by atoms with van der Waals surface area (Å²) in [6, 6.07) is 9.58. The van der Waals surface area contributed by atoms with E-state index < -0.39 is 5.60 Å². The number of nitrogens with one attached hydrogen (secondary N) is 1. The van der Waals surface area contributed by atoms with E-state index in [1.54, 1.807) is 13.8 Å². The van der Waals surface area contributed by atoms with E-state index in [4.69, 9.17) is 4.65 Å². The van der Waals surface area contributed by atoms with Crippen molar-refractivity contribution in [3.63, 3.8) is 0 Å². The van der Waals surface area contributed by atoms with Gasteiger partial charge in [0.25, 0.3) is 5.91 Å². The van der Waals surface area contributed by atoms with Crippen LogP contribution in [0.15, 0.2) is 30.3 Å². The second-order valence-corrected chi connectivity index (χ2v) is 6.06. The van der Waals surface area contributed by atoms with E-state index in [0.29, 0.717) is 13.0 Å². The quantitative estimate of drug-likeness (QED) is 0.837. The second-order valence-electron chi connectivity index (χ2n) is 6.06. The van der Waals surface area contributed by atoms with E-state index in [9.17, 15) is 9.90 Å². The van der Waals surface area contributed by atoms with Crippen LogP contribution < -0.4 is 10.8 Å². The van der Waals surface area contributed by atoms with Gasteiger partial charge in [0.1, 0.15) is 0 Å². The molecule has 0 fully saturated rings. The average molecular weight is 283 g/mol. The Bertz CT molecular complexity index is 721. The first kappa shape index (κ1) is 14.1. The number of hydrogen-bond acceptors (Lipinski definition) is 3. The number of amides is 1. The lowest BCUT2D eigenvalue weighted by molar-refractivity contribution is -0.0222. The SMILES string of the molecule is CC(OBc1ccc2c3c(cccc13)C(=O)N2)C(C)(C)O. The molecule has 2 N–H and O–H groups in total. The summed E-state index contributed by atoms with van der Waals surface area (Å²) in [5.74, 6) is -0.0569. The van der Waals surface area contributed by atoms with Gasteiger partial charge in [-0.05, 0) is 43.8 Å². The van der Waals surface area contributed by atoms with E-state index >= 15 is 0 Å². The molecule has 2 aromatic rings. The average Bonchev–Trinajstić information content (AvgIpc) is 2.75. The Kier molecular flexibility index (Phi) is 3.27. The van der Waals surface area contributed by atoms with Gasteiger partial charge in [-0.3, -0.25) is 4.79 Å². The molecule has 21 heavy (non-hydrogen) atoms. The number of anilines is 1. The van der Waals surface area contributed by atoms with Crippen LogP contribution >= 0.6 is 0 Å². The van der Waals surface area contributed by atoms with Crippen molar-refractivity contribution in [1.29, 1.82) is 0 Å². The lowest BCUT2D eigenvalue weighted by Gasteiger charge is -2.26. The minimum atomic E-state index is -0.883. The molecule has 1 aliphatic rings. The molecular formula is C16H18BNO3.